The Morgan fingerprint density at radius 2 is 1.70 bits per heavy atom. The molecule has 4 aromatic rings. The van der Waals surface area contributed by atoms with Gasteiger partial charge in [0, 0.05) is 36.7 Å². The fourth-order valence-electron chi connectivity index (χ4n) is 5.64. The Labute approximate surface area is 240 Å². The van der Waals surface area contributed by atoms with Crippen LogP contribution in [0, 0.1) is 17.5 Å². The van der Waals surface area contributed by atoms with Gasteiger partial charge in [-0.15, -0.1) is 0 Å². The predicted molar refractivity (Wildman–Crippen MR) is 141 cm³/mol. The molecule has 1 spiro atoms. The fraction of sp³-hybridized carbons (Fsp3) is 0.241. The molecule has 4 heterocycles. The van der Waals surface area contributed by atoms with E-state index in [-0.39, 0.29) is 49.9 Å². The van der Waals surface area contributed by atoms with Crippen molar-refractivity contribution in [3.05, 3.63) is 95.7 Å². The second-order valence-corrected chi connectivity index (χ2v) is 10.2. The van der Waals surface area contributed by atoms with Crippen LogP contribution in [0.2, 0.25) is 0 Å². The van der Waals surface area contributed by atoms with Gasteiger partial charge in [0.2, 0.25) is 5.91 Å². The molecule has 2 aliphatic rings. The standard InChI is InChI=1S/C29H22F6N6O2/c30-18-3-5-19(6-4-18)40-16-37-27(43)28(40)9-12-39(13-10-28)26(42)21-14-23(17-2-1-11-36-15-17)41(38-21)22-8-7-20(31)24(25(22)32)29(33,34)35/h1-8,11,14-15H,9-10,12-13,16H2,(H,37,43). The lowest BCUT2D eigenvalue weighted by molar-refractivity contribution is -0.142. The molecule has 43 heavy (non-hydrogen) atoms. The maximum Gasteiger partial charge on any atom is 0.422 e. The van der Waals surface area contributed by atoms with Crippen molar-refractivity contribution in [3.63, 3.8) is 0 Å². The Balaban J connectivity index is 1.32. The van der Waals surface area contributed by atoms with Crippen LogP contribution >= 0.6 is 0 Å². The number of hydrogen-bond acceptors (Lipinski definition) is 5. The van der Waals surface area contributed by atoms with Crippen LogP contribution in [0.25, 0.3) is 16.9 Å². The number of pyridine rings is 1. The van der Waals surface area contributed by atoms with Gasteiger partial charge in [-0.2, -0.15) is 18.3 Å². The average Bonchev–Trinajstić information content (AvgIpc) is 3.55. The topological polar surface area (TPSA) is 83.4 Å². The van der Waals surface area contributed by atoms with Gasteiger partial charge in [0.25, 0.3) is 5.91 Å². The molecule has 222 valence electrons. The van der Waals surface area contributed by atoms with Crippen molar-refractivity contribution in [1.82, 2.24) is 25.0 Å². The summed E-state index contributed by atoms with van der Waals surface area (Å²) in [6.45, 7) is 0.463. The molecular weight excluding hydrogens is 578 g/mol. The Hall–Kier alpha value is -4.88. The highest BCUT2D eigenvalue weighted by molar-refractivity contribution is 5.96. The predicted octanol–water partition coefficient (Wildman–Crippen LogP) is 4.94. The van der Waals surface area contributed by atoms with Crippen LogP contribution < -0.4 is 10.2 Å². The van der Waals surface area contributed by atoms with E-state index in [4.69, 9.17) is 0 Å². The van der Waals surface area contributed by atoms with Crippen LogP contribution in [0.3, 0.4) is 0 Å². The van der Waals surface area contributed by atoms with Gasteiger partial charge in [0.05, 0.1) is 12.4 Å². The van der Waals surface area contributed by atoms with Crippen LogP contribution in [0.15, 0.2) is 67.0 Å². The first-order chi connectivity index (χ1) is 20.5. The number of nitrogens with one attached hydrogen (secondary N) is 1. The highest BCUT2D eigenvalue weighted by atomic mass is 19.4. The number of aromatic nitrogens is 3. The maximum absolute atomic E-state index is 15.2. The van der Waals surface area contributed by atoms with E-state index < -0.39 is 46.3 Å². The van der Waals surface area contributed by atoms with Gasteiger partial charge < -0.3 is 15.1 Å². The van der Waals surface area contributed by atoms with Crippen LogP contribution in [-0.2, 0) is 11.0 Å². The number of piperidine rings is 1. The van der Waals surface area contributed by atoms with Gasteiger partial charge >= 0.3 is 6.18 Å². The van der Waals surface area contributed by atoms with Crippen molar-refractivity contribution < 1.29 is 35.9 Å². The number of alkyl halides is 3. The number of hydrogen-bond donors (Lipinski definition) is 1. The molecule has 2 amide bonds. The molecule has 0 aliphatic carbocycles. The summed E-state index contributed by atoms with van der Waals surface area (Å²) in [6.07, 6.45) is -2.03. The third kappa shape index (κ3) is 4.85. The summed E-state index contributed by atoms with van der Waals surface area (Å²) in [4.78, 5) is 33.8. The average molecular weight is 601 g/mol. The normalized spacial score (nSPS) is 16.6. The fourth-order valence-corrected chi connectivity index (χ4v) is 5.64. The molecule has 6 rings (SSSR count). The summed E-state index contributed by atoms with van der Waals surface area (Å²) in [5.74, 6) is -4.90. The number of halogens is 6. The summed E-state index contributed by atoms with van der Waals surface area (Å²) in [7, 11) is 0. The van der Waals surface area contributed by atoms with Crippen molar-refractivity contribution in [2.24, 2.45) is 0 Å². The molecule has 14 heteroatoms. The zero-order valence-corrected chi connectivity index (χ0v) is 22.2. The van der Waals surface area contributed by atoms with Crippen LogP contribution in [0.1, 0.15) is 28.9 Å². The monoisotopic (exact) mass is 600 g/mol. The minimum absolute atomic E-state index is 0.0567. The van der Waals surface area contributed by atoms with E-state index in [0.29, 0.717) is 17.3 Å². The molecule has 2 fully saturated rings. The van der Waals surface area contributed by atoms with Crippen molar-refractivity contribution in [3.8, 4) is 16.9 Å². The van der Waals surface area contributed by atoms with Crippen LogP contribution in [0.5, 0.6) is 0 Å². The highest BCUT2D eigenvalue weighted by Gasteiger charge is 2.51. The largest absolute Gasteiger partial charge is 0.422 e. The van der Waals surface area contributed by atoms with Gasteiger partial charge in [0.15, 0.2) is 11.5 Å². The smallest absolute Gasteiger partial charge is 0.339 e. The second kappa shape index (κ2) is 10.4. The first-order valence-corrected chi connectivity index (χ1v) is 13.2. The van der Waals surface area contributed by atoms with E-state index in [2.05, 4.69) is 15.4 Å². The number of nitrogens with zero attached hydrogens (tertiary/aromatic N) is 5. The molecule has 0 radical (unpaired) electrons. The highest BCUT2D eigenvalue weighted by Crippen LogP contribution is 2.38. The molecule has 2 aromatic carbocycles. The molecule has 2 aliphatic heterocycles. The van der Waals surface area contributed by atoms with E-state index in [9.17, 15) is 31.5 Å². The Morgan fingerprint density at radius 3 is 2.35 bits per heavy atom. The number of benzene rings is 2. The van der Waals surface area contributed by atoms with Gasteiger partial charge in [-0.3, -0.25) is 14.6 Å². The minimum Gasteiger partial charge on any atom is -0.339 e. The summed E-state index contributed by atoms with van der Waals surface area (Å²) in [5, 5.41) is 6.98. The quantitative estimate of drug-likeness (QED) is 0.336. The first kappa shape index (κ1) is 28.2. The third-order valence-corrected chi connectivity index (χ3v) is 7.82. The lowest BCUT2D eigenvalue weighted by atomic mass is 9.85. The SMILES string of the molecule is O=C(c1cc(-c2cccnc2)n(-c2ccc(F)c(C(F)(F)F)c2F)n1)N1CCC2(CC1)C(=O)NCN2c1ccc(F)cc1. The van der Waals surface area contributed by atoms with E-state index in [1.807, 2.05) is 4.90 Å². The molecule has 0 atom stereocenters. The van der Waals surface area contributed by atoms with Crippen molar-refractivity contribution in [2.45, 2.75) is 24.6 Å². The summed E-state index contributed by atoms with van der Waals surface area (Å²) >= 11 is 0. The number of rotatable bonds is 4. The Bertz CT molecular complexity index is 1700. The lowest BCUT2D eigenvalue weighted by Crippen LogP contribution is -2.57. The van der Waals surface area contributed by atoms with Crippen molar-refractivity contribution >= 4 is 17.5 Å². The van der Waals surface area contributed by atoms with Crippen LogP contribution in [-0.4, -0.2) is 56.8 Å². The number of carbonyl (C=O) groups excluding carboxylic acids is 2. The lowest BCUT2D eigenvalue weighted by Gasteiger charge is -2.43. The van der Waals surface area contributed by atoms with Gasteiger partial charge in [-0.05, 0) is 67.4 Å². The second-order valence-electron chi connectivity index (χ2n) is 10.2. The summed E-state index contributed by atoms with van der Waals surface area (Å²) < 4.78 is 84.0. The number of carbonyl (C=O) groups is 2. The van der Waals surface area contributed by atoms with E-state index in [0.717, 1.165) is 10.7 Å². The van der Waals surface area contributed by atoms with Gasteiger partial charge in [-0.1, -0.05) is 0 Å². The zero-order chi connectivity index (χ0) is 30.5. The molecule has 8 nitrogen and oxygen atoms in total. The van der Waals surface area contributed by atoms with Crippen molar-refractivity contribution in [2.75, 3.05) is 24.7 Å². The molecule has 2 aromatic heterocycles. The van der Waals surface area contributed by atoms with Gasteiger partial charge in [0.1, 0.15) is 28.4 Å². The molecular formula is C29H22F6N6O2. The van der Waals surface area contributed by atoms with Gasteiger partial charge in [-0.25, -0.2) is 17.9 Å². The molecule has 0 unspecified atom stereocenters. The summed E-state index contributed by atoms with van der Waals surface area (Å²) in [5.41, 5.74) is -2.94. The van der Waals surface area contributed by atoms with Crippen LogP contribution in [0.4, 0.5) is 32.0 Å². The van der Waals surface area contributed by atoms with E-state index in [1.54, 1.807) is 24.3 Å². The number of likely N-dealkylation sites (tertiary alicyclic amines) is 1. The van der Waals surface area contributed by atoms with E-state index in [1.165, 1.54) is 35.5 Å². The molecule has 0 bridgehead atoms. The Kier molecular flexibility index (Phi) is 6.86. The molecule has 1 N–H and O–H groups in total. The molecule has 0 saturated carbocycles. The minimum atomic E-state index is -5.32. The maximum atomic E-state index is 15.2. The molecule has 2 saturated heterocycles. The third-order valence-electron chi connectivity index (χ3n) is 7.82. The summed E-state index contributed by atoms with van der Waals surface area (Å²) in [6, 6.07) is 11.4. The van der Waals surface area contributed by atoms with Crippen molar-refractivity contribution in [1.29, 1.82) is 0 Å². The number of anilines is 1. The number of amides is 2. The van der Waals surface area contributed by atoms with E-state index >= 15 is 4.39 Å². The zero-order valence-electron chi connectivity index (χ0n) is 22.2. The Morgan fingerprint density at radius 1 is 0.977 bits per heavy atom. The first-order valence-electron chi connectivity index (χ1n) is 13.2.